The minimum absolute atomic E-state index is 0.199. The molecule has 0 aliphatic rings. The zero-order valence-electron chi connectivity index (χ0n) is 13.5. The second kappa shape index (κ2) is 8.36. The quantitative estimate of drug-likeness (QED) is 0.752. The lowest BCUT2D eigenvalue weighted by atomic mass is 9.89. The fourth-order valence-corrected chi connectivity index (χ4v) is 1.99. The molecule has 3 N–H and O–H groups in total. The fourth-order valence-electron chi connectivity index (χ4n) is 1.79. The van der Waals surface area contributed by atoms with Crippen molar-refractivity contribution in [2.24, 2.45) is 5.41 Å². The monoisotopic (exact) mass is 328 g/mol. The van der Waals surface area contributed by atoms with Crippen molar-refractivity contribution in [2.45, 2.75) is 33.0 Å². The Bertz CT molecular complexity index is 489. The summed E-state index contributed by atoms with van der Waals surface area (Å²) in [5.41, 5.74) is 0.619. The van der Waals surface area contributed by atoms with Crippen molar-refractivity contribution in [1.29, 1.82) is 0 Å². The van der Waals surface area contributed by atoms with Crippen LogP contribution in [-0.4, -0.2) is 37.4 Å². The van der Waals surface area contributed by atoms with E-state index in [1.54, 1.807) is 19.2 Å². The van der Waals surface area contributed by atoms with E-state index in [0.717, 1.165) is 5.56 Å². The number of methoxy groups -OCH3 is 1. The summed E-state index contributed by atoms with van der Waals surface area (Å²) in [6.45, 7) is 6.25. The fraction of sp³-hybridized carbons (Fsp3) is 0.562. The molecule has 2 amide bonds. The molecule has 1 aromatic carbocycles. The third-order valence-corrected chi connectivity index (χ3v) is 3.64. The first kappa shape index (κ1) is 18.7. The van der Waals surface area contributed by atoms with Crippen LogP contribution in [0.4, 0.5) is 4.79 Å². The Hall–Kier alpha value is -1.30. The molecule has 5 nitrogen and oxygen atoms in total. The highest BCUT2D eigenvalue weighted by Gasteiger charge is 2.22. The smallest absolute Gasteiger partial charge is 0.314 e. The van der Waals surface area contributed by atoms with Gasteiger partial charge in [-0.05, 0) is 23.1 Å². The molecule has 0 heterocycles. The molecule has 0 saturated heterocycles. The summed E-state index contributed by atoms with van der Waals surface area (Å²) in [7, 11) is 1.58. The largest absolute Gasteiger partial charge is 0.391 e. The van der Waals surface area contributed by atoms with Crippen LogP contribution >= 0.6 is 11.6 Å². The van der Waals surface area contributed by atoms with E-state index in [1.807, 2.05) is 32.9 Å². The first-order valence-corrected chi connectivity index (χ1v) is 7.60. The van der Waals surface area contributed by atoms with Crippen LogP contribution in [0.3, 0.4) is 0 Å². The minimum Gasteiger partial charge on any atom is -0.391 e. The van der Waals surface area contributed by atoms with Crippen molar-refractivity contribution in [2.75, 3.05) is 20.2 Å². The van der Waals surface area contributed by atoms with Crippen LogP contribution in [0.5, 0.6) is 0 Å². The molecule has 0 saturated carbocycles. The van der Waals surface area contributed by atoms with Gasteiger partial charge in [0.2, 0.25) is 0 Å². The normalized spacial score (nSPS) is 14.3. The summed E-state index contributed by atoms with van der Waals surface area (Å²) in [5, 5.41) is 15.9. The van der Waals surface area contributed by atoms with Gasteiger partial charge in [-0.15, -0.1) is 0 Å². The van der Waals surface area contributed by atoms with Gasteiger partial charge in [-0.1, -0.05) is 44.5 Å². The van der Waals surface area contributed by atoms with Crippen LogP contribution in [0.2, 0.25) is 5.02 Å². The average molecular weight is 329 g/mol. The molecule has 22 heavy (non-hydrogen) atoms. The van der Waals surface area contributed by atoms with Gasteiger partial charge >= 0.3 is 6.03 Å². The highest BCUT2D eigenvalue weighted by Crippen LogP contribution is 2.20. The molecule has 0 spiro atoms. The molecule has 0 aliphatic carbocycles. The van der Waals surface area contributed by atoms with Gasteiger partial charge < -0.3 is 20.5 Å². The van der Waals surface area contributed by atoms with E-state index in [0.29, 0.717) is 11.6 Å². The van der Waals surface area contributed by atoms with Crippen LogP contribution in [0.25, 0.3) is 0 Å². The molecule has 124 valence electrons. The van der Waals surface area contributed by atoms with E-state index in [-0.39, 0.29) is 24.1 Å². The Kier molecular flexibility index (Phi) is 7.13. The number of rotatable bonds is 6. The molecule has 0 aromatic heterocycles. The summed E-state index contributed by atoms with van der Waals surface area (Å²) >= 11 is 5.95. The highest BCUT2D eigenvalue weighted by molar-refractivity contribution is 6.30. The molecule has 1 rings (SSSR count). The summed E-state index contributed by atoms with van der Waals surface area (Å²) < 4.78 is 5.37. The second-order valence-electron chi connectivity index (χ2n) is 6.25. The number of nitrogens with one attached hydrogen (secondary N) is 2. The average Bonchev–Trinajstić information content (AvgIpc) is 2.44. The molecule has 0 aliphatic heterocycles. The van der Waals surface area contributed by atoms with Gasteiger partial charge in [-0.2, -0.15) is 0 Å². The topological polar surface area (TPSA) is 70.6 Å². The van der Waals surface area contributed by atoms with Crippen molar-refractivity contribution >= 4 is 17.6 Å². The van der Waals surface area contributed by atoms with E-state index in [9.17, 15) is 9.90 Å². The Balaban J connectivity index is 2.45. The molecule has 6 heteroatoms. The van der Waals surface area contributed by atoms with Gasteiger partial charge in [0.1, 0.15) is 0 Å². The van der Waals surface area contributed by atoms with Crippen molar-refractivity contribution in [1.82, 2.24) is 10.6 Å². The summed E-state index contributed by atoms with van der Waals surface area (Å²) in [5.74, 6) is 0. The first-order chi connectivity index (χ1) is 10.2. The molecule has 0 bridgehead atoms. The lowest BCUT2D eigenvalue weighted by molar-refractivity contribution is 0.0645. The Morgan fingerprint density at radius 3 is 2.50 bits per heavy atom. The summed E-state index contributed by atoms with van der Waals surface area (Å²) in [6.07, 6.45) is -0.888. The summed E-state index contributed by atoms with van der Waals surface area (Å²) in [6, 6.07) is 6.98. The van der Waals surface area contributed by atoms with E-state index < -0.39 is 6.10 Å². The molecular weight excluding hydrogens is 304 g/mol. The van der Waals surface area contributed by atoms with Gasteiger partial charge in [0.25, 0.3) is 0 Å². The number of carbonyl (C=O) groups excluding carboxylic acids is 1. The van der Waals surface area contributed by atoms with E-state index in [4.69, 9.17) is 16.3 Å². The van der Waals surface area contributed by atoms with Crippen molar-refractivity contribution < 1.29 is 14.6 Å². The maximum atomic E-state index is 11.8. The van der Waals surface area contributed by atoms with Crippen LogP contribution < -0.4 is 10.6 Å². The zero-order chi connectivity index (χ0) is 16.8. The highest BCUT2D eigenvalue weighted by atomic mass is 35.5. The number of hydrogen-bond donors (Lipinski definition) is 3. The van der Waals surface area contributed by atoms with E-state index in [1.165, 1.54) is 0 Å². The van der Waals surface area contributed by atoms with Gasteiger partial charge in [0.05, 0.1) is 12.2 Å². The number of ether oxygens (including phenoxy) is 1. The van der Waals surface area contributed by atoms with Gasteiger partial charge in [-0.25, -0.2) is 4.79 Å². The van der Waals surface area contributed by atoms with Crippen molar-refractivity contribution in [3.63, 3.8) is 0 Å². The first-order valence-electron chi connectivity index (χ1n) is 7.22. The maximum Gasteiger partial charge on any atom is 0.314 e. The number of aliphatic hydroxyl groups excluding tert-OH is 1. The number of urea groups is 1. The molecule has 0 fully saturated rings. The zero-order valence-corrected chi connectivity index (χ0v) is 14.3. The van der Waals surface area contributed by atoms with Crippen molar-refractivity contribution in [3.05, 3.63) is 34.9 Å². The number of halogens is 1. The number of amides is 2. The van der Waals surface area contributed by atoms with Gasteiger partial charge in [0, 0.05) is 25.2 Å². The Morgan fingerprint density at radius 1 is 1.32 bits per heavy atom. The summed E-state index contributed by atoms with van der Waals surface area (Å²) in [4.78, 5) is 11.8. The molecule has 2 atom stereocenters. The Labute approximate surface area is 137 Å². The van der Waals surface area contributed by atoms with Crippen LogP contribution in [0.1, 0.15) is 32.4 Å². The number of benzene rings is 1. The lowest BCUT2D eigenvalue weighted by Crippen LogP contribution is -2.44. The predicted octanol–water partition coefficient (Wildman–Crippen LogP) is 2.73. The predicted molar refractivity (Wildman–Crippen MR) is 88.1 cm³/mol. The van der Waals surface area contributed by atoms with E-state index in [2.05, 4.69) is 10.6 Å². The van der Waals surface area contributed by atoms with Gasteiger partial charge in [-0.3, -0.25) is 0 Å². The SMILES string of the molecule is COC(CNC(=O)NCC(O)C(C)(C)C)c1cccc(Cl)c1. The van der Waals surface area contributed by atoms with Crippen LogP contribution in [0.15, 0.2) is 24.3 Å². The number of hydrogen-bond acceptors (Lipinski definition) is 3. The number of carbonyl (C=O) groups is 1. The lowest BCUT2D eigenvalue weighted by Gasteiger charge is -2.26. The standard InChI is InChI=1S/C16H25ClN2O3/c1-16(2,3)14(20)10-19-15(21)18-9-13(22-4)11-6-5-7-12(17)8-11/h5-8,13-14,20H,9-10H2,1-4H3,(H2,18,19,21). The molecular formula is C16H25ClN2O3. The van der Waals surface area contributed by atoms with Crippen LogP contribution in [-0.2, 0) is 4.74 Å². The van der Waals surface area contributed by atoms with E-state index >= 15 is 0 Å². The van der Waals surface area contributed by atoms with Crippen LogP contribution in [0, 0.1) is 5.41 Å². The number of aliphatic hydroxyl groups is 1. The third kappa shape index (κ3) is 6.22. The molecule has 0 radical (unpaired) electrons. The Morgan fingerprint density at radius 2 is 1.95 bits per heavy atom. The van der Waals surface area contributed by atoms with Gasteiger partial charge in [0.15, 0.2) is 0 Å². The van der Waals surface area contributed by atoms with Crippen molar-refractivity contribution in [3.8, 4) is 0 Å². The third-order valence-electron chi connectivity index (χ3n) is 3.41. The molecule has 1 aromatic rings. The second-order valence-corrected chi connectivity index (χ2v) is 6.69. The maximum absolute atomic E-state index is 11.8. The molecule has 2 unspecified atom stereocenters. The minimum atomic E-state index is -0.607.